The van der Waals surface area contributed by atoms with Crippen molar-refractivity contribution in [3.63, 3.8) is 0 Å². The van der Waals surface area contributed by atoms with Crippen LogP contribution < -0.4 is 10.1 Å². The topological polar surface area (TPSA) is 64.6 Å². The summed E-state index contributed by atoms with van der Waals surface area (Å²) in [6.07, 6.45) is 3.62. The lowest BCUT2D eigenvalue weighted by molar-refractivity contribution is -0.145. The monoisotopic (exact) mass is 303 g/mol. The molecule has 22 heavy (non-hydrogen) atoms. The summed E-state index contributed by atoms with van der Waals surface area (Å²) < 4.78 is 10.5. The Kier molecular flexibility index (Phi) is 5.58. The fraction of sp³-hybridized carbons (Fsp3) is 0.412. The van der Waals surface area contributed by atoms with E-state index in [1.807, 2.05) is 31.2 Å². The third-order valence-electron chi connectivity index (χ3n) is 3.36. The smallest absolute Gasteiger partial charge is 0.338 e. The highest BCUT2D eigenvalue weighted by molar-refractivity contribution is 5.96. The summed E-state index contributed by atoms with van der Waals surface area (Å²) in [5.41, 5.74) is 1.25. The van der Waals surface area contributed by atoms with E-state index in [9.17, 15) is 9.59 Å². The second-order valence-corrected chi connectivity index (χ2v) is 5.33. The average Bonchev–Trinajstić information content (AvgIpc) is 2.52. The lowest BCUT2D eigenvalue weighted by atomic mass is 10.1. The number of para-hydroxylation sites is 1. The number of ether oxygens (including phenoxy) is 2. The van der Waals surface area contributed by atoms with Gasteiger partial charge in [0, 0.05) is 11.6 Å². The molecule has 0 spiro atoms. The minimum Gasteiger partial charge on any atom is -0.488 e. The van der Waals surface area contributed by atoms with Gasteiger partial charge in [-0.1, -0.05) is 31.5 Å². The molecule has 1 aromatic carbocycles. The van der Waals surface area contributed by atoms with Crippen molar-refractivity contribution in [3.05, 3.63) is 35.4 Å². The Hall–Kier alpha value is -2.30. The van der Waals surface area contributed by atoms with Gasteiger partial charge in [0.2, 0.25) is 0 Å². The van der Waals surface area contributed by atoms with Crippen molar-refractivity contribution < 1.29 is 19.1 Å². The van der Waals surface area contributed by atoms with Crippen LogP contribution >= 0.6 is 0 Å². The summed E-state index contributed by atoms with van der Waals surface area (Å²) in [6.45, 7) is 3.86. The number of nitrogens with one attached hydrogen (secondary N) is 1. The zero-order chi connectivity index (χ0) is 15.9. The number of rotatable bonds is 6. The van der Waals surface area contributed by atoms with Gasteiger partial charge in [0.1, 0.15) is 12.4 Å². The molecule has 0 bridgehead atoms. The maximum atomic E-state index is 12.0. The lowest BCUT2D eigenvalue weighted by Crippen LogP contribution is -2.36. The van der Waals surface area contributed by atoms with Crippen LogP contribution in [0.1, 0.15) is 32.3 Å². The highest BCUT2D eigenvalue weighted by atomic mass is 16.5. The largest absolute Gasteiger partial charge is 0.488 e. The van der Waals surface area contributed by atoms with E-state index in [1.165, 1.54) is 0 Å². The predicted molar refractivity (Wildman–Crippen MR) is 83.4 cm³/mol. The highest BCUT2D eigenvalue weighted by Crippen LogP contribution is 2.25. The number of esters is 1. The van der Waals surface area contributed by atoms with Crippen LogP contribution in [0.3, 0.4) is 0 Å². The molecule has 0 aromatic heterocycles. The molecular formula is C17H21NO4. The van der Waals surface area contributed by atoms with Gasteiger partial charge in [0.25, 0.3) is 5.91 Å². The fourth-order valence-electron chi connectivity index (χ4n) is 2.28. The van der Waals surface area contributed by atoms with Crippen molar-refractivity contribution in [1.29, 1.82) is 0 Å². The van der Waals surface area contributed by atoms with Gasteiger partial charge in [-0.2, -0.15) is 0 Å². The van der Waals surface area contributed by atoms with Crippen molar-refractivity contribution >= 4 is 18.0 Å². The minimum atomic E-state index is -0.521. The van der Waals surface area contributed by atoms with Crippen LogP contribution in [0.25, 0.3) is 6.08 Å². The number of hydrogen-bond donors (Lipinski definition) is 1. The second kappa shape index (κ2) is 7.64. The summed E-state index contributed by atoms with van der Waals surface area (Å²) in [7, 11) is 0. The van der Waals surface area contributed by atoms with E-state index in [-0.39, 0.29) is 25.2 Å². The van der Waals surface area contributed by atoms with E-state index in [2.05, 4.69) is 12.2 Å². The van der Waals surface area contributed by atoms with Crippen LogP contribution in [0.2, 0.25) is 0 Å². The Morgan fingerprint density at radius 3 is 2.91 bits per heavy atom. The number of carbonyl (C=O) groups excluding carboxylic acids is 2. The first-order valence-corrected chi connectivity index (χ1v) is 7.49. The van der Waals surface area contributed by atoms with Crippen molar-refractivity contribution in [2.75, 3.05) is 13.2 Å². The normalized spacial score (nSPS) is 14.2. The third kappa shape index (κ3) is 4.35. The first-order valence-electron chi connectivity index (χ1n) is 7.49. The van der Waals surface area contributed by atoms with E-state index >= 15 is 0 Å². The molecule has 1 aromatic rings. The number of fused-ring (bicyclic) bond motifs is 1. The number of carbonyl (C=O) groups is 2. The van der Waals surface area contributed by atoms with Crippen LogP contribution in [0.4, 0.5) is 0 Å². The molecule has 1 unspecified atom stereocenters. The summed E-state index contributed by atoms with van der Waals surface area (Å²) in [6, 6.07) is 7.53. The van der Waals surface area contributed by atoms with Gasteiger partial charge in [-0.3, -0.25) is 4.79 Å². The Balaban J connectivity index is 1.86. The molecule has 0 saturated carbocycles. The van der Waals surface area contributed by atoms with Crippen molar-refractivity contribution in [2.45, 2.75) is 32.7 Å². The molecule has 5 nitrogen and oxygen atoms in total. The van der Waals surface area contributed by atoms with Crippen LogP contribution in [-0.2, 0) is 14.3 Å². The molecular weight excluding hydrogens is 282 g/mol. The first-order chi connectivity index (χ1) is 10.6. The van der Waals surface area contributed by atoms with E-state index in [0.717, 1.165) is 24.2 Å². The minimum absolute atomic E-state index is 0.0836. The summed E-state index contributed by atoms with van der Waals surface area (Å²) >= 11 is 0. The SMILES string of the molecule is CCCC(C)NC(=O)COC(=O)C1=Cc2ccccc2OC1. The molecule has 1 N–H and O–H groups in total. The molecule has 1 aliphatic heterocycles. The van der Waals surface area contributed by atoms with Crippen LogP contribution in [0.5, 0.6) is 5.75 Å². The van der Waals surface area contributed by atoms with Gasteiger partial charge in [0.05, 0.1) is 5.57 Å². The van der Waals surface area contributed by atoms with Gasteiger partial charge in [-0.15, -0.1) is 0 Å². The molecule has 1 aliphatic rings. The second-order valence-electron chi connectivity index (χ2n) is 5.33. The first kappa shape index (κ1) is 16.1. The molecule has 0 aliphatic carbocycles. The van der Waals surface area contributed by atoms with E-state index in [4.69, 9.17) is 9.47 Å². The molecule has 2 rings (SSSR count). The van der Waals surface area contributed by atoms with Gasteiger partial charge < -0.3 is 14.8 Å². The Morgan fingerprint density at radius 2 is 2.14 bits per heavy atom. The quantitative estimate of drug-likeness (QED) is 0.819. The number of benzene rings is 1. The molecule has 0 radical (unpaired) electrons. The molecule has 1 amide bonds. The Labute approximate surface area is 130 Å². The van der Waals surface area contributed by atoms with Gasteiger partial charge in [-0.05, 0) is 25.5 Å². The molecule has 0 fully saturated rings. The van der Waals surface area contributed by atoms with Crippen LogP contribution in [0.15, 0.2) is 29.8 Å². The predicted octanol–water partition coefficient (Wildman–Crippen LogP) is 2.31. The van der Waals surface area contributed by atoms with Crippen LogP contribution in [-0.4, -0.2) is 31.1 Å². The van der Waals surface area contributed by atoms with Crippen molar-refractivity contribution in [1.82, 2.24) is 5.32 Å². The molecule has 1 atom stereocenters. The number of hydrogen-bond acceptors (Lipinski definition) is 4. The molecule has 5 heteroatoms. The maximum Gasteiger partial charge on any atom is 0.338 e. The Morgan fingerprint density at radius 1 is 1.36 bits per heavy atom. The molecule has 0 saturated heterocycles. The van der Waals surface area contributed by atoms with Gasteiger partial charge in [0.15, 0.2) is 6.61 Å². The van der Waals surface area contributed by atoms with Crippen molar-refractivity contribution in [3.8, 4) is 5.75 Å². The van der Waals surface area contributed by atoms with E-state index in [0.29, 0.717) is 5.57 Å². The highest BCUT2D eigenvalue weighted by Gasteiger charge is 2.19. The maximum absolute atomic E-state index is 12.0. The zero-order valence-corrected chi connectivity index (χ0v) is 12.9. The molecule has 118 valence electrons. The fourth-order valence-corrected chi connectivity index (χ4v) is 2.28. The van der Waals surface area contributed by atoms with E-state index in [1.54, 1.807) is 6.08 Å². The summed E-state index contributed by atoms with van der Waals surface area (Å²) in [5, 5.41) is 2.79. The zero-order valence-electron chi connectivity index (χ0n) is 12.9. The summed E-state index contributed by atoms with van der Waals surface area (Å²) in [4.78, 5) is 23.6. The van der Waals surface area contributed by atoms with Gasteiger partial charge >= 0.3 is 5.97 Å². The van der Waals surface area contributed by atoms with Crippen molar-refractivity contribution in [2.24, 2.45) is 0 Å². The Bertz CT molecular complexity index is 580. The van der Waals surface area contributed by atoms with E-state index < -0.39 is 5.97 Å². The molecule has 1 heterocycles. The van der Waals surface area contributed by atoms with Crippen LogP contribution in [0, 0.1) is 0 Å². The van der Waals surface area contributed by atoms with Gasteiger partial charge in [-0.25, -0.2) is 4.79 Å². The standard InChI is InChI=1S/C17H21NO4/c1-3-6-12(2)18-16(19)11-22-17(20)14-9-13-7-4-5-8-15(13)21-10-14/h4-5,7-9,12H,3,6,10-11H2,1-2H3,(H,18,19). The average molecular weight is 303 g/mol. The third-order valence-corrected chi connectivity index (χ3v) is 3.36. The number of amides is 1. The lowest BCUT2D eigenvalue weighted by Gasteiger charge is -2.17. The summed E-state index contributed by atoms with van der Waals surface area (Å²) in [5.74, 6) is -0.0648.